The first-order valence-electron chi connectivity index (χ1n) is 6.29. The first-order chi connectivity index (χ1) is 7.74. The van der Waals surface area contributed by atoms with Crippen LogP contribution in [0.3, 0.4) is 0 Å². The Labute approximate surface area is 98.4 Å². The number of benzene rings is 1. The molecule has 1 aliphatic carbocycles. The van der Waals surface area contributed by atoms with Crippen LogP contribution in [0.2, 0.25) is 0 Å². The predicted octanol–water partition coefficient (Wildman–Crippen LogP) is 2.69. The second-order valence-electron chi connectivity index (χ2n) is 4.81. The van der Waals surface area contributed by atoms with Crippen molar-refractivity contribution in [1.29, 1.82) is 0 Å². The Morgan fingerprint density at radius 1 is 1.38 bits per heavy atom. The Bertz CT molecular complexity index is 356. The van der Waals surface area contributed by atoms with Crippen molar-refractivity contribution in [2.45, 2.75) is 33.2 Å². The molecule has 0 bridgehead atoms. The van der Waals surface area contributed by atoms with E-state index in [1.807, 2.05) is 0 Å². The van der Waals surface area contributed by atoms with Crippen LogP contribution in [-0.4, -0.2) is 13.1 Å². The van der Waals surface area contributed by atoms with Crippen molar-refractivity contribution in [1.82, 2.24) is 0 Å². The van der Waals surface area contributed by atoms with E-state index in [9.17, 15) is 0 Å². The minimum Gasteiger partial charge on any atom is -0.371 e. The molecule has 0 atom stereocenters. The van der Waals surface area contributed by atoms with Gasteiger partial charge < -0.3 is 10.6 Å². The van der Waals surface area contributed by atoms with Crippen molar-refractivity contribution >= 4 is 5.69 Å². The van der Waals surface area contributed by atoms with Crippen molar-refractivity contribution in [3.05, 3.63) is 29.3 Å². The third-order valence-corrected chi connectivity index (χ3v) is 3.39. The average Bonchev–Trinajstić information content (AvgIpc) is 3.10. The lowest BCUT2D eigenvalue weighted by molar-refractivity contribution is 0.739. The highest BCUT2D eigenvalue weighted by Gasteiger charge is 2.24. The molecule has 1 fully saturated rings. The maximum absolute atomic E-state index is 5.65. The number of aryl methyl sites for hydroxylation is 1. The summed E-state index contributed by atoms with van der Waals surface area (Å²) >= 11 is 0. The summed E-state index contributed by atoms with van der Waals surface area (Å²) in [6.45, 7) is 7.37. The van der Waals surface area contributed by atoms with Crippen molar-refractivity contribution in [3.63, 3.8) is 0 Å². The molecule has 1 aromatic rings. The van der Waals surface area contributed by atoms with Crippen LogP contribution in [0.5, 0.6) is 0 Å². The summed E-state index contributed by atoms with van der Waals surface area (Å²) < 4.78 is 0. The van der Waals surface area contributed by atoms with E-state index in [0.29, 0.717) is 6.54 Å². The van der Waals surface area contributed by atoms with E-state index in [0.717, 1.165) is 12.5 Å². The largest absolute Gasteiger partial charge is 0.371 e. The monoisotopic (exact) mass is 218 g/mol. The van der Waals surface area contributed by atoms with Gasteiger partial charge in [0.2, 0.25) is 0 Å². The highest BCUT2D eigenvalue weighted by molar-refractivity contribution is 5.54. The fourth-order valence-electron chi connectivity index (χ4n) is 2.21. The quantitative estimate of drug-likeness (QED) is 0.823. The number of nitrogens with zero attached hydrogens (tertiary/aromatic N) is 1. The Kier molecular flexibility index (Phi) is 3.49. The van der Waals surface area contributed by atoms with Crippen molar-refractivity contribution < 1.29 is 0 Å². The zero-order valence-electron chi connectivity index (χ0n) is 10.4. The molecule has 1 saturated carbocycles. The van der Waals surface area contributed by atoms with Gasteiger partial charge >= 0.3 is 0 Å². The Morgan fingerprint density at radius 3 is 2.62 bits per heavy atom. The third kappa shape index (κ3) is 2.56. The fourth-order valence-corrected chi connectivity index (χ4v) is 2.21. The van der Waals surface area contributed by atoms with Crippen LogP contribution in [0.1, 0.15) is 30.9 Å². The van der Waals surface area contributed by atoms with Gasteiger partial charge in [-0.2, -0.15) is 0 Å². The number of nitrogens with two attached hydrogens (primary N) is 1. The summed E-state index contributed by atoms with van der Waals surface area (Å²) in [7, 11) is 0. The van der Waals surface area contributed by atoms with Crippen LogP contribution in [-0.2, 0) is 6.54 Å². The van der Waals surface area contributed by atoms with Gasteiger partial charge in [-0.15, -0.1) is 0 Å². The maximum Gasteiger partial charge on any atom is 0.0396 e. The van der Waals surface area contributed by atoms with E-state index >= 15 is 0 Å². The van der Waals surface area contributed by atoms with Crippen LogP contribution >= 0.6 is 0 Å². The summed E-state index contributed by atoms with van der Waals surface area (Å²) in [5.41, 5.74) is 9.61. The minimum absolute atomic E-state index is 0.635. The van der Waals surface area contributed by atoms with Crippen LogP contribution in [0, 0.1) is 12.8 Å². The van der Waals surface area contributed by atoms with Gasteiger partial charge in [-0.25, -0.2) is 0 Å². The maximum atomic E-state index is 5.65. The normalized spacial score (nSPS) is 15.2. The lowest BCUT2D eigenvalue weighted by atomic mass is 10.1. The molecule has 0 unspecified atom stereocenters. The van der Waals surface area contributed by atoms with Crippen molar-refractivity contribution in [2.75, 3.05) is 18.0 Å². The summed E-state index contributed by atoms with van der Waals surface area (Å²) in [5.74, 6) is 0.938. The minimum atomic E-state index is 0.635. The lowest BCUT2D eigenvalue weighted by Crippen LogP contribution is -2.26. The molecule has 2 rings (SSSR count). The molecule has 1 aliphatic rings. The molecular formula is C14H22N2. The SMILES string of the molecule is CCN(CC1CC1)c1ccc(CN)cc1C. The number of rotatable bonds is 5. The smallest absolute Gasteiger partial charge is 0.0396 e. The van der Waals surface area contributed by atoms with Crippen molar-refractivity contribution in [2.24, 2.45) is 11.7 Å². The third-order valence-electron chi connectivity index (χ3n) is 3.39. The molecule has 88 valence electrons. The molecule has 16 heavy (non-hydrogen) atoms. The van der Waals surface area contributed by atoms with E-state index < -0.39 is 0 Å². The van der Waals surface area contributed by atoms with Gasteiger partial charge in [0, 0.05) is 25.3 Å². The van der Waals surface area contributed by atoms with E-state index in [2.05, 4.69) is 36.9 Å². The van der Waals surface area contributed by atoms with Crippen LogP contribution in [0.4, 0.5) is 5.69 Å². The van der Waals surface area contributed by atoms with Crippen LogP contribution in [0.25, 0.3) is 0 Å². The van der Waals surface area contributed by atoms with E-state index in [4.69, 9.17) is 5.73 Å². The molecule has 0 radical (unpaired) electrons. The van der Waals surface area contributed by atoms with Gasteiger partial charge in [0.15, 0.2) is 0 Å². The Hall–Kier alpha value is -1.02. The molecule has 0 spiro atoms. The predicted molar refractivity (Wildman–Crippen MR) is 69.7 cm³/mol. The van der Waals surface area contributed by atoms with Gasteiger partial charge in [0.1, 0.15) is 0 Å². The molecule has 1 aromatic carbocycles. The van der Waals surface area contributed by atoms with Gasteiger partial charge in [-0.1, -0.05) is 12.1 Å². The van der Waals surface area contributed by atoms with Gasteiger partial charge in [-0.05, 0) is 49.8 Å². The average molecular weight is 218 g/mol. The first-order valence-corrected chi connectivity index (χ1v) is 6.29. The Morgan fingerprint density at radius 2 is 2.12 bits per heavy atom. The molecule has 2 nitrogen and oxygen atoms in total. The van der Waals surface area contributed by atoms with Gasteiger partial charge in [0.05, 0.1) is 0 Å². The lowest BCUT2D eigenvalue weighted by Gasteiger charge is -2.25. The zero-order chi connectivity index (χ0) is 11.5. The molecule has 0 aliphatic heterocycles. The molecule has 0 heterocycles. The number of hydrogen-bond acceptors (Lipinski definition) is 2. The highest BCUT2D eigenvalue weighted by atomic mass is 15.1. The molecule has 0 aromatic heterocycles. The standard InChI is InChI=1S/C14H22N2/c1-3-16(10-12-4-5-12)14-7-6-13(9-15)8-11(14)2/h6-8,12H,3-5,9-10,15H2,1-2H3. The van der Waals surface area contributed by atoms with E-state index in [-0.39, 0.29) is 0 Å². The summed E-state index contributed by atoms with van der Waals surface area (Å²) in [4.78, 5) is 2.49. The molecule has 2 heteroatoms. The second-order valence-corrected chi connectivity index (χ2v) is 4.81. The highest BCUT2D eigenvalue weighted by Crippen LogP contribution is 2.32. The van der Waals surface area contributed by atoms with E-state index in [1.165, 1.54) is 36.2 Å². The topological polar surface area (TPSA) is 29.3 Å². The second kappa shape index (κ2) is 4.88. The van der Waals surface area contributed by atoms with Crippen molar-refractivity contribution in [3.8, 4) is 0 Å². The van der Waals surface area contributed by atoms with Gasteiger partial charge in [0.25, 0.3) is 0 Å². The Balaban J connectivity index is 2.15. The van der Waals surface area contributed by atoms with Crippen LogP contribution < -0.4 is 10.6 Å². The zero-order valence-corrected chi connectivity index (χ0v) is 10.4. The van der Waals surface area contributed by atoms with E-state index in [1.54, 1.807) is 0 Å². The number of anilines is 1. The molecule has 0 amide bonds. The number of hydrogen-bond donors (Lipinski definition) is 1. The van der Waals surface area contributed by atoms with Crippen LogP contribution in [0.15, 0.2) is 18.2 Å². The summed E-state index contributed by atoms with van der Waals surface area (Å²) in [6, 6.07) is 6.59. The first kappa shape index (κ1) is 11.5. The molecule has 2 N–H and O–H groups in total. The molecular weight excluding hydrogens is 196 g/mol. The van der Waals surface area contributed by atoms with Gasteiger partial charge in [-0.3, -0.25) is 0 Å². The summed E-state index contributed by atoms with van der Waals surface area (Å²) in [6.07, 6.45) is 2.83. The summed E-state index contributed by atoms with van der Waals surface area (Å²) in [5, 5.41) is 0. The molecule has 0 saturated heterocycles. The fraction of sp³-hybridized carbons (Fsp3) is 0.571.